The molecule has 0 aliphatic heterocycles. The molecule has 6 heteroatoms. The fourth-order valence-corrected chi connectivity index (χ4v) is 2.01. The highest BCUT2D eigenvalue weighted by molar-refractivity contribution is 6.06. The molecule has 2 rings (SSSR count). The van der Waals surface area contributed by atoms with Crippen LogP contribution in [0.25, 0.3) is 0 Å². The zero-order valence-electron chi connectivity index (χ0n) is 11.5. The van der Waals surface area contributed by atoms with Crippen molar-refractivity contribution in [3.8, 4) is 5.75 Å². The number of hydrogen-bond acceptors (Lipinski definition) is 2. The number of anilines is 1. The van der Waals surface area contributed by atoms with Crippen LogP contribution in [0.15, 0.2) is 48.5 Å². The SMILES string of the molecule is O=C(Nc1ccccc1O)c1ccccc1CCC(F)(F)F. The van der Waals surface area contributed by atoms with Gasteiger partial charge in [0.15, 0.2) is 0 Å². The predicted octanol–water partition coefficient (Wildman–Crippen LogP) is 4.14. The first-order valence-electron chi connectivity index (χ1n) is 6.61. The van der Waals surface area contributed by atoms with E-state index >= 15 is 0 Å². The molecule has 0 fully saturated rings. The van der Waals surface area contributed by atoms with E-state index in [2.05, 4.69) is 5.32 Å². The summed E-state index contributed by atoms with van der Waals surface area (Å²) in [5.41, 5.74) is 0.681. The Morgan fingerprint density at radius 1 is 1.05 bits per heavy atom. The number of carbonyl (C=O) groups is 1. The van der Waals surface area contributed by atoms with Gasteiger partial charge in [0.2, 0.25) is 0 Å². The fourth-order valence-electron chi connectivity index (χ4n) is 2.01. The molecule has 2 N–H and O–H groups in total. The Hall–Kier alpha value is -2.50. The van der Waals surface area contributed by atoms with E-state index in [-0.39, 0.29) is 23.4 Å². The number of amides is 1. The number of para-hydroxylation sites is 2. The maximum Gasteiger partial charge on any atom is 0.389 e. The van der Waals surface area contributed by atoms with Crippen LogP contribution in [0.5, 0.6) is 5.75 Å². The van der Waals surface area contributed by atoms with Gasteiger partial charge >= 0.3 is 6.18 Å². The van der Waals surface area contributed by atoms with Crippen molar-refractivity contribution in [2.45, 2.75) is 19.0 Å². The summed E-state index contributed by atoms with van der Waals surface area (Å²) in [5.74, 6) is -0.664. The Balaban J connectivity index is 2.18. The number of nitrogens with one attached hydrogen (secondary N) is 1. The maximum atomic E-state index is 12.3. The molecule has 0 saturated heterocycles. The topological polar surface area (TPSA) is 49.3 Å². The van der Waals surface area contributed by atoms with Crippen molar-refractivity contribution in [1.82, 2.24) is 0 Å². The number of rotatable bonds is 4. The third-order valence-electron chi connectivity index (χ3n) is 3.09. The van der Waals surface area contributed by atoms with E-state index in [4.69, 9.17) is 0 Å². The van der Waals surface area contributed by atoms with E-state index in [0.29, 0.717) is 5.56 Å². The van der Waals surface area contributed by atoms with Crippen LogP contribution in [0, 0.1) is 0 Å². The summed E-state index contributed by atoms with van der Waals surface area (Å²) in [7, 11) is 0. The minimum absolute atomic E-state index is 0.108. The molecular weight excluding hydrogens is 295 g/mol. The van der Waals surface area contributed by atoms with E-state index < -0.39 is 18.5 Å². The van der Waals surface area contributed by atoms with Crippen LogP contribution in [0.1, 0.15) is 22.3 Å². The Bertz CT molecular complexity index is 668. The second kappa shape index (κ2) is 6.51. The molecule has 3 nitrogen and oxygen atoms in total. The van der Waals surface area contributed by atoms with Crippen LogP contribution >= 0.6 is 0 Å². The maximum absolute atomic E-state index is 12.3. The first-order valence-corrected chi connectivity index (χ1v) is 6.61. The van der Waals surface area contributed by atoms with Crippen molar-refractivity contribution in [3.05, 3.63) is 59.7 Å². The van der Waals surface area contributed by atoms with Crippen LogP contribution < -0.4 is 5.32 Å². The lowest BCUT2D eigenvalue weighted by Gasteiger charge is -2.12. The van der Waals surface area contributed by atoms with Gasteiger partial charge in [-0.3, -0.25) is 4.79 Å². The third kappa shape index (κ3) is 4.25. The van der Waals surface area contributed by atoms with Crippen LogP contribution in [0.2, 0.25) is 0 Å². The minimum atomic E-state index is -4.28. The molecular formula is C16H14F3NO2. The summed E-state index contributed by atoms with van der Waals surface area (Å²) in [6.45, 7) is 0. The molecule has 0 unspecified atom stereocenters. The van der Waals surface area contributed by atoms with Crippen molar-refractivity contribution in [1.29, 1.82) is 0 Å². The average Bonchev–Trinajstić information content (AvgIpc) is 2.47. The summed E-state index contributed by atoms with van der Waals surface area (Å²) < 4.78 is 37.0. The van der Waals surface area contributed by atoms with E-state index in [1.807, 2.05) is 0 Å². The van der Waals surface area contributed by atoms with E-state index in [1.54, 1.807) is 24.3 Å². The molecule has 2 aromatic rings. The number of phenols is 1. The standard InChI is InChI=1S/C16H14F3NO2/c17-16(18,19)10-9-11-5-1-2-6-12(11)15(22)20-13-7-3-4-8-14(13)21/h1-8,21H,9-10H2,(H,20,22). The quantitative estimate of drug-likeness (QED) is 0.834. The number of aromatic hydroxyl groups is 1. The number of alkyl halides is 3. The lowest BCUT2D eigenvalue weighted by Crippen LogP contribution is -2.16. The Kier molecular flexibility index (Phi) is 4.70. The van der Waals surface area contributed by atoms with Crippen LogP contribution in [-0.4, -0.2) is 17.2 Å². The molecule has 0 atom stereocenters. The molecule has 0 aliphatic rings. The summed E-state index contributed by atoms with van der Waals surface area (Å²) in [4.78, 5) is 12.2. The van der Waals surface area contributed by atoms with Crippen LogP contribution in [-0.2, 0) is 6.42 Å². The molecule has 1 amide bonds. The first-order chi connectivity index (χ1) is 10.4. The molecule has 0 aromatic heterocycles. The Labute approximate surface area is 125 Å². The molecule has 0 spiro atoms. The van der Waals surface area contributed by atoms with Crippen molar-refractivity contribution >= 4 is 11.6 Å². The van der Waals surface area contributed by atoms with Crippen molar-refractivity contribution < 1.29 is 23.1 Å². The van der Waals surface area contributed by atoms with Gasteiger partial charge in [-0.25, -0.2) is 0 Å². The highest BCUT2D eigenvalue weighted by Gasteiger charge is 2.27. The average molecular weight is 309 g/mol. The number of hydrogen-bond donors (Lipinski definition) is 2. The second-order valence-corrected chi connectivity index (χ2v) is 4.74. The number of phenolic OH excluding ortho intramolecular Hbond substituents is 1. The number of halogens is 3. The van der Waals surface area contributed by atoms with E-state index in [1.165, 1.54) is 24.3 Å². The Morgan fingerprint density at radius 2 is 1.68 bits per heavy atom. The lowest BCUT2D eigenvalue weighted by atomic mass is 10.0. The normalized spacial score (nSPS) is 11.2. The summed E-state index contributed by atoms with van der Waals surface area (Å²) >= 11 is 0. The van der Waals surface area contributed by atoms with Crippen molar-refractivity contribution in [3.63, 3.8) is 0 Å². The number of carbonyl (C=O) groups excluding carboxylic acids is 1. The highest BCUT2D eigenvalue weighted by atomic mass is 19.4. The molecule has 116 valence electrons. The highest BCUT2D eigenvalue weighted by Crippen LogP contribution is 2.25. The summed E-state index contributed by atoms with van der Waals surface area (Å²) in [6.07, 6.45) is -5.54. The zero-order chi connectivity index (χ0) is 16.2. The van der Waals surface area contributed by atoms with Gasteiger partial charge < -0.3 is 10.4 Å². The summed E-state index contributed by atoms with van der Waals surface area (Å²) in [5, 5.41) is 12.1. The second-order valence-electron chi connectivity index (χ2n) is 4.74. The largest absolute Gasteiger partial charge is 0.506 e. The fraction of sp³-hybridized carbons (Fsp3) is 0.188. The van der Waals surface area contributed by atoms with Gasteiger partial charge in [-0.1, -0.05) is 30.3 Å². The minimum Gasteiger partial charge on any atom is -0.506 e. The van der Waals surface area contributed by atoms with Gasteiger partial charge in [-0.2, -0.15) is 13.2 Å². The predicted molar refractivity (Wildman–Crippen MR) is 76.9 cm³/mol. The van der Waals surface area contributed by atoms with Gasteiger partial charge in [-0.15, -0.1) is 0 Å². The van der Waals surface area contributed by atoms with Gasteiger partial charge in [0, 0.05) is 12.0 Å². The van der Waals surface area contributed by atoms with E-state index in [9.17, 15) is 23.1 Å². The van der Waals surface area contributed by atoms with Crippen LogP contribution in [0.4, 0.5) is 18.9 Å². The smallest absolute Gasteiger partial charge is 0.389 e. The molecule has 0 heterocycles. The van der Waals surface area contributed by atoms with Gasteiger partial charge in [0.25, 0.3) is 5.91 Å². The van der Waals surface area contributed by atoms with Gasteiger partial charge in [-0.05, 0) is 30.2 Å². The molecule has 0 radical (unpaired) electrons. The molecule has 0 saturated carbocycles. The van der Waals surface area contributed by atoms with E-state index in [0.717, 1.165) is 0 Å². The number of benzene rings is 2. The monoisotopic (exact) mass is 309 g/mol. The molecule has 0 bridgehead atoms. The third-order valence-corrected chi connectivity index (χ3v) is 3.09. The summed E-state index contributed by atoms with van der Waals surface area (Å²) in [6, 6.07) is 12.3. The molecule has 2 aromatic carbocycles. The van der Waals surface area contributed by atoms with Crippen molar-refractivity contribution in [2.24, 2.45) is 0 Å². The number of aryl methyl sites for hydroxylation is 1. The molecule has 22 heavy (non-hydrogen) atoms. The van der Waals surface area contributed by atoms with Gasteiger partial charge in [0.05, 0.1) is 5.69 Å². The zero-order valence-corrected chi connectivity index (χ0v) is 11.5. The van der Waals surface area contributed by atoms with Crippen molar-refractivity contribution in [2.75, 3.05) is 5.32 Å². The first kappa shape index (κ1) is 15.9. The van der Waals surface area contributed by atoms with Gasteiger partial charge in [0.1, 0.15) is 5.75 Å². The lowest BCUT2D eigenvalue weighted by molar-refractivity contribution is -0.134. The molecule has 0 aliphatic carbocycles. The Morgan fingerprint density at radius 3 is 2.36 bits per heavy atom. The van der Waals surface area contributed by atoms with Crippen LogP contribution in [0.3, 0.4) is 0 Å².